The number of halogens is 1. The van der Waals surface area contributed by atoms with Crippen molar-refractivity contribution in [3.63, 3.8) is 0 Å². The molecule has 1 unspecified atom stereocenters. The maximum Gasteiger partial charge on any atom is 0.127 e. The predicted molar refractivity (Wildman–Crippen MR) is 93.5 cm³/mol. The largest absolute Gasteiger partial charge is 0.496 e. The standard InChI is InChI=1S/C15H19BrO2.C3H6/c1-10-5-4-6-11(7-10)15-13(17-2)8-12(16)9-14(15)18-3;1-3-2/h7-9,11H,4-6H2,1-3H3;3H,1H2,2H3. The quantitative estimate of drug-likeness (QED) is 0.633. The van der Waals surface area contributed by atoms with E-state index in [-0.39, 0.29) is 0 Å². The molecule has 0 N–H and O–H groups in total. The fourth-order valence-electron chi connectivity index (χ4n) is 2.61. The van der Waals surface area contributed by atoms with Gasteiger partial charge < -0.3 is 9.47 Å². The molecule has 0 spiro atoms. The summed E-state index contributed by atoms with van der Waals surface area (Å²) in [5.74, 6) is 2.20. The fraction of sp³-hybridized carbons (Fsp3) is 0.444. The van der Waals surface area contributed by atoms with Crippen LogP contribution in [0.5, 0.6) is 11.5 Å². The van der Waals surface area contributed by atoms with Gasteiger partial charge >= 0.3 is 0 Å². The van der Waals surface area contributed by atoms with Gasteiger partial charge in [0.25, 0.3) is 0 Å². The zero-order valence-electron chi connectivity index (χ0n) is 13.4. The van der Waals surface area contributed by atoms with Crippen LogP contribution in [0.25, 0.3) is 0 Å². The van der Waals surface area contributed by atoms with Gasteiger partial charge in [-0.3, -0.25) is 0 Å². The molecule has 2 nitrogen and oxygen atoms in total. The van der Waals surface area contributed by atoms with Crippen molar-refractivity contribution in [2.75, 3.05) is 14.2 Å². The van der Waals surface area contributed by atoms with Gasteiger partial charge in [-0.05, 0) is 45.2 Å². The third-order valence-corrected chi connectivity index (χ3v) is 3.91. The number of ether oxygens (including phenoxy) is 2. The summed E-state index contributed by atoms with van der Waals surface area (Å²) in [5, 5.41) is 0. The molecule has 0 amide bonds. The molecule has 0 fully saturated rings. The van der Waals surface area contributed by atoms with Gasteiger partial charge in [-0.15, -0.1) is 6.58 Å². The number of hydrogen-bond donors (Lipinski definition) is 0. The van der Waals surface area contributed by atoms with Crippen LogP contribution in [0.15, 0.2) is 40.9 Å². The summed E-state index contributed by atoms with van der Waals surface area (Å²) in [5.41, 5.74) is 2.63. The average molecular weight is 353 g/mol. The summed E-state index contributed by atoms with van der Waals surface area (Å²) >= 11 is 3.49. The summed E-state index contributed by atoms with van der Waals surface area (Å²) < 4.78 is 12.0. The number of hydrogen-bond acceptors (Lipinski definition) is 2. The van der Waals surface area contributed by atoms with Gasteiger partial charge in [-0.1, -0.05) is 33.7 Å². The van der Waals surface area contributed by atoms with E-state index < -0.39 is 0 Å². The van der Waals surface area contributed by atoms with Crippen LogP contribution in [-0.4, -0.2) is 14.2 Å². The van der Waals surface area contributed by atoms with E-state index >= 15 is 0 Å². The molecular weight excluding hydrogens is 328 g/mol. The topological polar surface area (TPSA) is 18.5 Å². The third-order valence-electron chi connectivity index (χ3n) is 3.45. The van der Waals surface area contributed by atoms with E-state index in [9.17, 15) is 0 Å². The van der Waals surface area contributed by atoms with E-state index in [1.807, 2.05) is 19.1 Å². The van der Waals surface area contributed by atoms with Gasteiger partial charge in [0.2, 0.25) is 0 Å². The van der Waals surface area contributed by atoms with Gasteiger partial charge in [0.1, 0.15) is 11.5 Å². The maximum atomic E-state index is 5.52. The molecule has 0 bridgehead atoms. The molecule has 0 radical (unpaired) electrons. The highest BCUT2D eigenvalue weighted by Crippen LogP contribution is 2.43. The van der Waals surface area contributed by atoms with Crippen molar-refractivity contribution >= 4 is 15.9 Å². The molecule has 21 heavy (non-hydrogen) atoms. The van der Waals surface area contributed by atoms with E-state index in [0.29, 0.717) is 5.92 Å². The molecule has 116 valence electrons. The van der Waals surface area contributed by atoms with Crippen LogP contribution in [0.3, 0.4) is 0 Å². The molecule has 3 heteroatoms. The molecule has 1 aliphatic carbocycles. The molecule has 1 atom stereocenters. The Balaban J connectivity index is 0.000000677. The Morgan fingerprint density at radius 1 is 1.24 bits per heavy atom. The summed E-state index contributed by atoms with van der Waals surface area (Å²) in [6, 6.07) is 4.02. The normalized spacial score (nSPS) is 17.2. The lowest BCUT2D eigenvalue weighted by Crippen LogP contribution is -2.06. The molecule has 0 aliphatic heterocycles. The predicted octanol–water partition coefficient (Wildman–Crippen LogP) is 5.87. The zero-order valence-corrected chi connectivity index (χ0v) is 15.0. The number of methoxy groups -OCH3 is 2. The van der Waals surface area contributed by atoms with Gasteiger partial charge in [0.05, 0.1) is 14.2 Å². The smallest absolute Gasteiger partial charge is 0.127 e. The highest BCUT2D eigenvalue weighted by molar-refractivity contribution is 9.10. The molecule has 0 saturated carbocycles. The second-order valence-corrected chi connectivity index (χ2v) is 6.06. The third kappa shape index (κ3) is 4.92. The Bertz CT molecular complexity index is 481. The average Bonchev–Trinajstić information content (AvgIpc) is 2.46. The van der Waals surface area contributed by atoms with Gasteiger partial charge in [-0.25, -0.2) is 0 Å². The van der Waals surface area contributed by atoms with Crippen molar-refractivity contribution in [2.45, 2.75) is 39.0 Å². The Kier molecular flexibility index (Phi) is 7.58. The maximum absolute atomic E-state index is 5.52. The first-order chi connectivity index (χ1) is 10.1. The zero-order chi connectivity index (χ0) is 15.8. The molecule has 2 rings (SSSR count). The van der Waals surface area contributed by atoms with Crippen molar-refractivity contribution in [3.8, 4) is 11.5 Å². The van der Waals surface area contributed by atoms with Crippen molar-refractivity contribution in [1.82, 2.24) is 0 Å². The van der Waals surface area contributed by atoms with Crippen LogP contribution < -0.4 is 9.47 Å². The molecule has 0 heterocycles. The SMILES string of the molecule is C=CC.COc1cc(Br)cc(OC)c1C1C=C(C)CCC1. The monoisotopic (exact) mass is 352 g/mol. The molecule has 1 aromatic carbocycles. The second-order valence-electron chi connectivity index (χ2n) is 5.14. The first-order valence-corrected chi connectivity index (χ1v) is 8.02. The lowest BCUT2D eigenvalue weighted by Gasteiger charge is -2.24. The molecular formula is C18H25BrO2. The van der Waals surface area contributed by atoms with Gasteiger partial charge in [0, 0.05) is 16.0 Å². The van der Waals surface area contributed by atoms with Gasteiger partial charge in [-0.2, -0.15) is 0 Å². The lowest BCUT2D eigenvalue weighted by molar-refractivity contribution is 0.379. The van der Waals surface area contributed by atoms with E-state index in [1.165, 1.54) is 24.0 Å². The van der Waals surface area contributed by atoms with Gasteiger partial charge in [0.15, 0.2) is 0 Å². The molecule has 0 saturated heterocycles. The highest BCUT2D eigenvalue weighted by atomic mass is 79.9. The Morgan fingerprint density at radius 3 is 2.19 bits per heavy atom. The molecule has 1 aromatic rings. The van der Waals surface area contributed by atoms with Crippen LogP contribution in [-0.2, 0) is 0 Å². The number of rotatable bonds is 3. The van der Waals surface area contributed by atoms with E-state index in [2.05, 4.69) is 35.5 Å². The second kappa shape index (κ2) is 8.93. The summed E-state index contributed by atoms with van der Waals surface area (Å²) in [6.45, 7) is 7.45. The first-order valence-electron chi connectivity index (χ1n) is 7.23. The fourth-order valence-corrected chi connectivity index (χ4v) is 3.03. The Labute approximate surface area is 137 Å². The summed E-state index contributed by atoms with van der Waals surface area (Å²) in [4.78, 5) is 0. The summed E-state index contributed by atoms with van der Waals surface area (Å²) in [7, 11) is 3.42. The van der Waals surface area contributed by atoms with Crippen molar-refractivity contribution in [1.29, 1.82) is 0 Å². The van der Waals surface area contributed by atoms with Crippen LogP contribution in [0.4, 0.5) is 0 Å². The lowest BCUT2D eigenvalue weighted by atomic mass is 9.85. The van der Waals surface area contributed by atoms with Crippen LogP contribution in [0, 0.1) is 0 Å². The van der Waals surface area contributed by atoms with Crippen molar-refractivity contribution in [2.24, 2.45) is 0 Å². The Hall–Kier alpha value is -1.22. The van der Waals surface area contributed by atoms with E-state index in [1.54, 1.807) is 20.3 Å². The number of benzene rings is 1. The van der Waals surface area contributed by atoms with E-state index in [0.717, 1.165) is 22.4 Å². The van der Waals surface area contributed by atoms with Crippen LogP contribution in [0.2, 0.25) is 0 Å². The molecule has 0 aromatic heterocycles. The highest BCUT2D eigenvalue weighted by Gasteiger charge is 2.22. The van der Waals surface area contributed by atoms with Crippen molar-refractivity contribution < 1.29 is 9.47 Å². The first kappa shape index (κ1) is 17.8. The minimum absolute atomic E-state index is 0.400. The number of allylic oxidation sites excluding steroid dienone is 3. The van der Waals surface area contributed by atoms with E-state index in [4.69, 9.17) is 9.47 Å². The molecule has 1 aliphatic rings. The minimum atomic E-state index is 0.400. The van der Waals surface area contributed by atoms with Crippen LogP contribution in [0.1, 0.15) is 44.6 Å². The van der Waals surface area contributed by atoms with Crippen molar-refractivity contribution in [3.05, 3.63) is 46.5 Å². The summed E-state index contributed by atoms with van der Waals surface area (Å²) in [6.07, 6.45) is 7.69. The minimum Gasteiger partial charge on any atom is -0.496 e. The Morgan fingerprint density at radius 2 is 1.76 bits per heavy atom. The van der Waals surface area contributed by atoms with Crippen LogP contribution >= 0.6 is 15.9 Å².